The van der Waals surface area contributed by atoms with Crippen molar-refractivity contribution in [3.05, 3.63) is 64.2 Å². The fourth-order valence-electron chi connectivity index (χ4n) is 2.67. The van der Waals surface area contributed by atoms with Gasteiger partial charge in [0.25, 0.3) is 5.69 Å². The van der Waals surface area contributed by atoms with Crippen molar-refractivity contribution in [3.8, 4) is 0 Å². The zero-order valence-electron chi connectivity index (χ0n) is 15.2. The van der Waals surface area contributed by atoms with E-state index in [4.69, 9.17) is 0 Å². The molecule has 0 bridgehead atoms. The van der Waals surface area contributed by atoms with Crippen molar-refractivity contribution >= 4 is 33.0 Å². The van der Waals surface area contributed by atoms with Crippen LogP contribution in [0.15, 0.2) is 48.5 Å². The number of non-ortho nitro benzene ring substituents is 1. The van der Waals surface area contributed by atoms with Crippen LogP contribution in [0, 0.1) is 17.0 Å². The minimum Gasteiger partial charge on any atom is -0.324 e. The number of rotatable bonds is 7. The highest BCUT2D eigenvalue weighted by molar-refractivity contribution is 7.92. The summed E-state index contributed by atoms with van der Waals surface area (Å²) >= 11 is 0. The first-order chi connectivity index (χ1) is 12.6. The molecule has 0 aliphatic carbocycles. The second-order valence-electron chi connectivity index (χ2n) is 6.12. The van der Waals surface area contributed by atoms with Gasteiger partial charge < -0.3 is 5.32 Å². The molecule has 0 aliphatic rings. The number of carbonyl (C=O) groups is 1. The Morgan fingerprint density at radius 2 is 1.85 bits per heavy atom. The van der Waals surface area contributed by atoms with E-state index in [2.05, 4.69) is 5.32 Å². The standard InChI is InChI=1S/C18H21N3O5S/c1-4-17(18(22)19-14-6-5-7-16(12-14)21(23)24)20(27(3,25)26)15-10-8-13(2)9-11-15/h5-12,17H,4H2,1-3H3,(H,19,22)/t17-/m0/s1. The van der Waals surface area contributed by atoms with Crippen LogP contribution in [0.3, 0.4) is 0 Å². The summed E-state index contributed by atoms with van der Waals surface area (Å²) in [5.74, 6) is -0.566. The molecule has 9 heteroatoms. The number of benzene rings is 2. The second kappa shape index (κ2) is 8.17. The first kappa shape index (κ1) is 20.4. The molecule has 1 atom stereocenters. The number of nitro benzene ring substituents is 1. The van der Waals surface area contributed by atoms with Crippen molar-refractivity contribution in [2.45, 2.75) is 26.3 Å². The largest absolute Gasteiger partial charge is 0.324 e. The van der Waals surface area contributed by atoms with Gasteiger partial charge in [-0.05, 0) is 31.5 Å². The van der Waals surface area contributed by atoms with Gasteiger partial charge in [-0.2, -0.15) is 0 Å². The molecule has 0 aliphatic heterocycles. The summed E-state index contributed by atoms with van der Waals surface area (Å²) < 4.78 is 25.8. The van der Waals surface area contributed by atoms with E-state index in [0.29, 0.717) is 5.69 Å². The van der Waals surface area contributed by atoms with Gasteiger partial charge in [0, 0.05) is 17.8 Å². The van der Waals surface area contributed by atoms with Gasteiger partial charge in [0.05, 0.1) is 16.9 Å². The van der Waals surface area contributed by atoms with Crippen molar-refractivity contribution < 1.29 is 18.1 Å². The summed E-state index contributed by atoms with van der Waals surface area (Å²) in [6.07, 6.45) is 1.26. The minimum absolute atomic E-state index is 0.167. The van der Waals surface area contributed by atoms with Crippen LogP contribution >= 0.6 is 0 Å². The highest BCUT2D eigenvalue weighted by Crippen LogP contribution is 2.24. The Bertz CT molecular complexity index is 942. The van der Waals surface area contributed by atoms with Gasteiger partial charge in [0.1, 0.15) is 6.04 Å². The Labute approximate surface area is 158 Å². The van der Waals surface area contributed by atoms with Crippen molar-refractivity contribution in [1.29, 1.82) is 0 Å². The van der Waals surface area contributed by atoms with E-state index in [-0.39, 0.29) is 17.8 Å². The van der Waals surface area contributed by atoms with Crippen LogP contribution in [-0.4, -0.2) is 31.5 Å². The van der Waals surface area contributed by atoms with Crippen molar-refractivity contribution in [2.24, 2.45) is 0 Å². The molecule has 0 unspecified atom stereocenters. The monoisotopic (exact) mass is 391 g/mol. The minimum atomic E-state index is -3.74. The Morgan fingerprint density at radius 3 is 2.37 bits per heavy atom. The highest BCUT2D eigenvalue weighted by atomic mass is 32.2. The zero-order chi connectivity index (χ0) is 20.2. The molecular formula is C18H21N3O5S. The van der Waals surface area contributed by atoms with Crippen LogP contribution < -0.4 is 9.62 Å². The Balaban J connectivity index is 2.36. The molecule has 0 saturated carbocycles. The Morgan fingerprint density at radius 1 is 1.22 bits per heavy atom. The quantitative estimate of drug-likeness (QED) is 0.576. The first-order valence-corrected chi connectivity index (χ1v) is 10.1. The Hall–Kier alpha value is -2.94. The molecule has 0 radical (unpaired) electrons. The summed E-state index contributed by atoms with van der Waals surface area (Å²) in [7, 11) is -3.74. The number of aryl methyl sites for hydroxylation is 1. The van der Waals surface area contributed by atoms with Crippen LogP contribution in [0.2, 0.25) is 0 Å². The number of nitrogens with one attached hydrogen (secondary N) is 1. The summed E-state index contributed by atoms with van der Waals surface area (Å²) in [6.45, 7) is 3.57. The fraction of sp³-hybridized carbons (Fsp3) is 0.278. The molecule has 27 heavy (non-hydrogen) atoms. The number of hydrogen-bond acceptors (Lipinski definition) is 5. The number of amides is 1. The average Bonchev–Trinajstić information content (AvgIpc) is 2.59. The van der Waals surface area contributed by atoms with Gasteiger partial charge in [-0.1, -0.05) is 30.7 Å². The number of sulfonamides is 1. The van der Waals surface area contributed by atoms with Gasteiger partial charge in [0.2, 0.25) is 15.9 Å². The fourth-order valence-corrected chi connectivity index (χ4v) is 3.89. The summed E-state index contributed by atoms with van der Waals surface area (Å²) in [4.78, 5) is 23.1. The summed E-state index contributed by atoms with van der Waals surface area (Å²) in [5.41, 5.74) is 1.40. The Kier molecular flexibility index (Phi) is 6.17. The lowest BCUT2D eigenvalue weighted by molar-refractivity contribution is -0.384. The van der Waals surface area contributed by atoms with E-state index in [1.165, 1.54) is 24.3 Å². The molecule has 0 fully saturated rings. The SMILES string of the molecule is CC[C@@H](C(=O)Nc1cccc([N+](=O)[O-])c1)N(c1ccc(C)cc1)S(C)(=O)=O. The number of nitrogens with zero attached hydrogens (tertiary/aromatic N) is 2. The van der Waals surface area contributed by atoms with Gasteiger partial charge in [-0.15, -0.1) is 0 Å². The van der Waals surface area contributed by atoms with E-state index in [1.807, 2.05) is 6.92 Å². The third-order valence-corrected chi connectivity index (χ3v) is 5.12. The zero-order valence-corrected chi connectivity index (χ0v) is 16.1. The van der Waals surface area contributed by atoms with E-state index in [9.17, 15) is 23.3 Å². The molecule has 2 rings (SSSR count). The summed E-state index contributed by atoms with van der Waals surface area (Å²) in [6, 6.07) is 11.3. The second-order valence-corrected chi connectivity index (χ2v) is 7.97. The van der Waals surface area contributed by atoms with Crippen molar-refractivity contribution in [3.63, 3.8) is 0 Å². The molecule has 1 N–H and O–H groups in total. The van der Waals surface area contributed by atoms with Crippen molar-refractivity contribution in [2.75, 3.05) is 15.9 Å². The maximum Gasteiger partial charge on any atom is 0.271 e. The van der Waals surface area contributed by atoms with Gasteiger partial charge in [0.15, 0.2) is 0 Å². The first-order valence-electron chi connectivity index (χ1n) is 8.25. The molecule has 2 aromatic carbocycles. The van der Waals surface area contributed by atoms with Crippen LogP contribution in [0.4, 0.5) is 17.1 Å². The predicted octanol–water partition coefficient (Wildman–Crippen LogP) is 3.09. The average molecular weight is 391 g/mol. The lowest BCUT2D eigenvalue weighted by Gasteiger charge is -2.30. The molecule has 2 aromatic rings. The molecule has 0 spiro atoms. The molecule has 144 valence electrons. The molecule has 0 aromatic heterocycles. The maximum atomic E-state index is 12.8. The van der Waals surface area contributed by atoms with E-state index >= 15 is 0 Å². The van der Waals surface area contributed by atoms with Crippen molar-refractivity contribution in [1.82, 2.24) is 0 Å². The van der Waals surface area contributed by atoms with Crippen LogP contribution in [0.5, 0.6) is 0 Å². The topological polar surface area (TPSA) is 110 Å². The van der Waals surface area contributed by atoms with Gasteiger partial charge in [-0.25, -0.2) is 8.42 Å². The smallest absolute Gasteiger partial charge is 0.271 e. The number of anilines is 2. The normalized spacial score (nSPS) is 12.3. The van der Waals surface area contributed by atoms with E-state index < -0.39 is 26.9 Å². The number of hydrogen-bond donors (Lipinski definition) is 1. The van der Waals surface area contributed by atoms with Gasteiger partial charge >= 0.3 is 0 Å². The highest BCUT2D eigenvalue weighted by Gasteiger charge is 2.31. The lowest BCUT2D eigenvalue weighted by Crippen LogP contribution is -2.47. The van der Waals surface area contributed by atoms with Crippen LogP contribution in [0.1, 0.15) is 18.9 Å². The third kappa shape index (κ3) is 5.04. The number of carbonyl (C=O) groups excluding carboxylic acids is 1. The molecule has 0 saturated heterocycles. The lowest BCUT2D eigenvalue weighted by atomic mass is 10.1. The van der Waals surface area contributed by atoms with Gasteiger partial charge in [-0.3, -0.25) is 19.2 Å². The maximum absolute atomic E-state index is 12.8. The van der Waals surface area contributed by atoms with E-state index in [0.717, 1.165) is 16.1 Å². The molecule has 0 heterocycles. The van der Waals surface area contributed by atoms with E-state index in [1.54, 1.807) is 31.2 Å². The molecule has 8 nitrogen and oxygen atoms in total. The number of nitro groups is 1. The van der Waals surface area contributed by atoms with Crippen LogP contribution in [0.25, 0.3) is 0 Å². The predicted molar refractivity (Wildman–Crippen MR) is 104 cm³/mol. The summed E-state index contributed by atoms with van der Waals surface area (Å²) in [5, 5.41) is 13.5. The molecule has 1 amide bonds. The van der Waals surface area contributed by atoms with Crippen LogP contribution in [-0.2, 0) is 14.8 Å². The third-order valence-electron chi connectivity index (χ3n) is 3.94. The molecular weight excluding hydrogens is 370 g/mol.